The van der Waals surface area contributed by atoms with Crippen LogP contribution in [-0.2, 0) is 19.1 Å². The van der Waals surface area contributed by atoms with E-state index in [1.54, 1.807) is 6.92 Å². The molecule has 0 fully saturated rings. The Bertz CT molecular complexity index is 1360. The average Bonchev–Trinajstić information content (AvgIpc) is 3.05. The van der Waals surface area contributed by atoms with Gasteiger partial charge in [0.1, 0.15) is 0 Å². The van der Waals surface area contributed by atoms with Crippen LogP contribution in [0.3, 0.4) is 0 Å². The van der Waals surface area contributed by atoms with Gasteiger partial charge in [-0.1, -0.05) is 133 Å². The van der Waals surface area contributed by atoms with E-state index < -0.39 is 5.97 Å². The maximum absolute atomic E-state index is 11.9. The van der Waals surface area contributed by atoms with Crippen molar-refractivity contribution in [3.05, 3.63) is 0 Å². The molecule has 4 heteroatoms. The van der Waals surface area contributed by atoms with Gasteiger partial charge in [0.25, 0.3) is 0 Å². The molecular formula is C45H98O4. The van der Waals surface area contributed by atoms with Crippen molar-refractivity contribution in [3.63, 3.8) is 0 Å². The number of carbonyl (C=O) groups is 2. The molecule has 49 heavy (non-hydrogen) atoms. The van der Waals surface area contributed by atoms with Gasteiger partial charge in [0.05, 0.1) is 13.2 Å². The van der Waals surface area contributed by atoms with E-state index in [-0.39, 0.29) is 65.1 Å². The fourth-order valence-electron chi connectivity index (χ4n) is 3.65. The van der Waals surface area contributed by atoms with Gasteiger partial charge < -0.3 is 9.47 Å². The molecule has 0 saturated heterocycles. The van der Waals surface area contributed by atoms with Gasteiger partial charge >= 0.3 is 11.9 Å². The molecule has 0 bridgehead atoms. The SMILES string of the molecule is C.C.C.C.CC.CC#CC#CC#CC#CC#CC#CC#CC#CC(=O)OCCCCCOC(=O)CCCCCCCCCCCCCCC.[HH].[HH].[HH].[HH].[HH].[HH].[HH].[HH].[HH].[HH].[HH].[HH].[HH].[HH].[HH].[HH]. The number of hydrogen-bond donors (Lipinski definition) is 0. The highest BCUT2D eigenvalue weighted by Crippen LogP contribution is 2.13. The van der Waals surface area contributed by atoms with E-state index in [0.29, 0.717) is 19.4 Å². The van der Waals surface area contributed by atoms with E-state index in [4.69, 9.17) is 9.47 Å². The first-order valence-corrected chi connectivity index (χ1v) is 16.5. The molecule has 0 heterocycles. The number of hydrogen-bond acceptors (Lipinski definition) is 4. The van der Waals surface area contributed by atoms with Crippen molar-refractivity contribution in [1.29, 1.82) is 0 Å². The van der Waals surface area contributed by atoms with E-state index in [0.717, 1.165) is 25.7 Å². The van der Waals surface area contributed by atoms with Gasteiger partial charge in [-0.3, -0.25) is 4.79 Å². The zero-order chi connectivity index (χ0) is 33.3. The summed E-state index contributed by atoms with van der Waals surface area (Å²) in [7, 11) is 0. The van der Waals surface area contributed by atoms with Gasteiger partial charge in [-0.05, 0) is 115 Å². The molecule has 0 rings (SSSR count). The highest BCUT2D eigenvalue weighted by molar-refractivity contribution is 5.89. The van der Waals surface area contributed by atoms with Crippen LogP contribution in [0.1, 0.15) is 189 Å². The average molecular weight is 703 g/mol. The lowest BCUT2D eigenvalue weighted by Gasteiger charge is -2.05. The van der Waals surface area contributed by atoms with Crippen molar-refractivity contribution in [2.24, 2.45) is 0 Å². The molecular weight excluding hydrogens is 604 g/mol. The zero-order valence-electron chi connectivity index (χ0n) is 28.1. The van der Waals surface area contributed by atoms with E-state index in [2.05, 4.69) is 102 Å². The lowest BCUT2D eigenvalue weighted by atomic mass is 10.0. The first-order chi connectivity index (χ1) is 22.2. The molecule has 0 atom stereocenters. The first-order valence-electron chi connectivity index (χ1n) is 16.5. The molecule has 0 N–H and O–H groups in total. The Labute approximate surface area is 328 Å². The van der Waals surface area contributed by atoms with Crippen LogP contribution in [0.5, 0.6) is 0 Å². The number of unbranched alkanes of at least 4 members (excludes halogenated alkanes) is 14. The Balaban J connectivity index is -0.0000000414. The summed E-state index contributed by atoms with van der Waals surface area (Å²) in [5.74, 6) is 39.1. The molecule has 0 unspecified atom stereocenters. The second-order valence-electron chi connectivity index (χ2n) is 9.53. The van der Waals surface area contributed by atoms with Gasteiger partial charge in [0.15, 0.2) is 0 Å². The molecule has 0 spiro atoms. The molecule has 4 nitrogen and oxygen atoms in total. The van der Waals surface area contributed by atoms with Crippen LogP contribution in [0, 0.1) is 94.7 Å². The quantitative estimate of drug-likeness (QED) is 0.0548. The molecule has 0 aliphatic heterocycles. The lowest BCUT2D eigenvalue weighted by molar-refractivity contribution is -0.143. The van der Waals surface area contributed by atoms with Crippen LogP contribution in [0.4, 0.5) is 0 Å². The summed E-state index contributed by atoms with van der Waals surface area (Å²) in [6.45, 7) is 8.61. The molecule has 0 aliphatic carbocycles. The monoisotopic (exact) mass is 703 g/mol. The highest BCUT2D eigenvalue weighted by atomic mass is 16.5. The molecule has 302 valence electrons. The summed E-state index contributed by atoms with van der Waals surface area (Å²) >= 11 is 0. The van der Waals surface area contributed by atoms with Crippen molar-refractivity contribution >= 4 is 11.9 Å². The molecule has 0 radical (unpaired) electrons. The van der Waals surface area contributed by atoms with Gasteiger partial charge in [-0.15, -0.1) is 0 Å². The topological polar surface area (TPSA) is 52.6 Å². The van der Waals surface area contributed by atoms with Crippen molar-refractivity contribution in [2.45, 2.75) is 167 Å². The fourth-order valence-corrected chi connectivity index (χ4v) is 3.65. The van der Waals surface area contributed by atoms with Crippen LogP contribution >= 0.6 is 0 Å². The Kier molecular flexibility index (Phi) is 61.3. The third-order valence-electron chi connectivity index (χ3n) is 5.87. The molecule has 0 saturated carbocycles. The number of ether oxygens (including phenoxy) is 2. The standard InChI is InChI=1S/C39H44O4.C2H6.4CH4.16H2/c1-3-5-7-9-11-13-15-17-18-20-22-24-26-28-31-35-39(41)43-37-33-29-32-36-42-38(40)34-30-27-25-23-21-19-16-14-12-10-8-6-4-2;1-2;;;;;;;;;;;;;;;;;;;;/h4,6,8,10,12,14,16,19,21,23,25,27,29-30,32-34,36-37H2,1-2H3;1-2H3;4*1H4;16*1H. The molecule has 0 aromatic carbocycles. The van der Waals surface area contributed by atoms with E-state index in [1.165, 1.54) is 70.6 Å². The molecule has 0 aromatic rings. The van der Waals surface area contributed by atoms with Crippen molar-refractivity contribution in [2.75, 3.05) is 13.2 Å². The Hall–Kier alpha value is -4.58. The maximum atomic E-state index is 11.9. The van der Waals surface area contributed by atoms with E-state index in [1.807, 2.05) is 13.8 Å². The zero-order valence-corrected chi connectivity index (χ0v) is 28.1. The summed E-state index contributed by atoms with van der Waals surface area (Å²) in [5.41, 5.74) is 0. The second kappa shape index (κ2) is 52.9. The number of esters is 2. The summed E-state index contributed by atoms with van der Waals surface area (Å²) in [4.78, 5) is 23.4. The summed E-state index contributed by atoms with van der Waals surface area (Å²) < 4.78 is 10.3. The minimum absolute atomic E-state index is 0. The van der Waals surface area contributed by atoms with Crippen molar-refractivity contribution in [1.82, 2.24) is 0 Å². The third kappa shape index (κ3) is 53.2. The predicted octanol–water partition coefficient (Wildman–Crippen LogP) is 14.3. The van der Waals surface area contributed by atoms with E-state index in [9.17, 15) is 9.59 Å². The van der Waals surface area contributed by atoms with Crippen LogP contribution < -0.4 is 0 Å². The highest BCUT2D eigenvalue weighted by Gasteiger charge is 2.03. The number of carbonyl (C=O) groups excluding carboxylic acids is 2. The summed E-state index contributed by atoms with van der Waals surface area (Å²) in [5, 5.41) is 0. The molecule has 0 aromatic heterocycles. The normalized spacial score (nSPS) is 7.35. The van der Waals surface area contributed by atoms with E-state index >= 15 is 0 Å². The predicted molar refractivity (Wildman–Crippen MR) is 246 cm³/mol. The van der Waals surface area contributed by atoms with Gasteiger partial charge in [0, 0.05) is 35.2 Å². The largest absolute Gasteiger partial charge is 0.466 e. The lowest BCUT2D eigenvalue weighted by Crippen LogP contribution is -2.06. The summed E-state index contributed by atoms with van der Waals surface area (Å²) in [6.07, 6.45) is 19.4. The molecule has 0 aliphatic rings. The van der Waals surface area contributed by atoms with Crippen molar-refractivity contribution < 1.29 is 41.9 Å². The van der Waals surface area contributed by atoms with Gasteiger partial charge in [-0.25, -0.2) is 4.79 Å². The minimum Gasteiger partial charge on any atom is -0.466 e. The fraction of sp³-hybridized carbons (Fsp3) is 0.600. The van der Waals surface area contributed by atoms with Gasteiger partial charge in [0.2, 0.25) is 0 Å². The summed E-state index contributed by atoms with van der Waals surface area (Å²) in [6, 6.07) is 0. The smallest absolute Gasteiger partial charge is 0.385 e. The Morgan fingerprint density at radius 1 is 0.449 bits per heavy atom. The number of rotatable bonds is 20. The Morgan fingerprint density at radius 3 is 1.18 bits per heavy atom. The van der Waals surface area contributed by atoms with Crippen LogP contribution in [0.25, 0.3) is 0 Å². The third-order valence-corrected chi connectivity index (χ3v) is 5.87. The second-order valence-corrected chi connectivity index (χ2v) is 9.53. The first kappa shape index (κ1) is 56.7. The van der Waals surface area contributed by atoms with Crippen LogP contribution in [-0.4, -0.2) is 25.2 Å². The Morgan fingerprint density at radius 2 is 0.776 bits per heavy atom. The van der Waals surface area contributed by atoms with Crippen LogP contribution in [0.2, 0.25) is 0 Å². The van der Waals surface area contributed by atoms with Crippen molar-refractivity contribution in [3.8, 4) is 94.7 Å². The molecule has 0 amide bonds. The van der Waals surface area contributed by atoms with Gasteiger partial charge in [-0.2, -0.15) is 0 Å². The van der Waals surface area contributed by atoms with Crippen LogP contribution in [0.15, 0.2) is 0 Å². The minimum atomic E-state index is -0.644. The maximum Gasteiger partial charge on any atom is 0.385 e.